The van der Waals surface area contributed by atoms with E-state index in [-0.39, 0.29) is 30.3 Å². The Hall–Kier alpha value is -0.710. The number of piperidine rings is 1. The molecule has 2 atom stereocenters. The van der Waals surface area contributed by atoms with Gasteiger partial charge in [0, 0.05) is 17.2 Å². The average Bonchev–Trinajstić information content (AvgIpc) is 2.48. The number of rotatable bonds is 2. The number of hydrogen-bond acceptors (Lipinski definition) is 3. The normalized spacial score (nSPS) is 25.2. The van der Waals surface area contributed by atoms with Crippen LogP contribution >= 0.6 is 24.2 Å². The average molecular weight is 313 g/mol. The number of amides is 1. The second-order valence-corrected chi connectivity index (χ2v) is 6.42. The number of hydrogen-bond donors (Lipinski definition) is 2. The molecule has 1 amide bonds. The molecule has 0 aliphatic carbocycles. The van der Waals surface area contributed by atoms with Gasteiger partial charge in [-0.05, 0) is 37.4 Å². The highest BCUT2D eigenvalue weighted by atomic mass is 35.5. The van der Waals surface area contributed by atoms with Crippen molar-refractivity contribution in [2.75, 3.05) is 18.8 Å². The van der Waals surface area contributed by atoms with Crippen molar-refractivity contribution >= 4 is 30.1 Å². The van der Waals surface area contributed by atoms with Gasteiger partial charge in [-0.15, -0.1) is 24.2 Å². The Morgan fingerprint density at radius 3 is 2.95 bits per heavy atom. The summed E-state index contributed by atoms with van der Waals surface area (Å²) in [5.74, 6) is 1.46. The van der Waals surface area contributed by atoms with Crippen LogP contribution in [-0.4, -0.2) is 24.7 Å². The maximum atomic E-state index is 12.3. The fourth-order valence-electron chi connectivity index (χ4n) is 2.86. The molecule has 1 aromatic carbocycles. The summed E-state index contributed by atoms with van der Waals surface area (Å²) in [6.07, 6.45) is 3.16. The molecule has 5 heteroatoms. The summed E-state index contributed by atoms with van der Waals surface area (Å²) in [6.45, 7) is 1.88. The predicted molar refractivity (Wildman–Crippen MR) is 85.5 cm³/mol. The highest BCUT2D eigenvalue weighted by Gasteiger charge is 2.26. The SMILES string of the molecule is Cl.O=C(NC1CCSc2ccccc21)[C@@H]1CCCNC1. The second-order valence-electron chi connectivity index (χ2n) is 5.28. The van der Waals surface area contributed by atoms with Crippen LogP contribution in [0.1, 0.15) is 30.9 Å². The number of carbonyl (C=O) groups excluding carboxylic acids is 1. The van der Waals surface area contributed by atoms with Gasteiger partial charge in [-0.3, -0.25) is 4.79 Å². The zero-order chi connectivity index (χ0) is 13.1. The minimum Gasteiger partial charge on any atom is -0.349 e. The van der Waals surface area contributed by atoms with Gasteiger partial charge in [0.1, 0.15) is 0 Å². The molecule has 2 N–H and O–H groups in total. The van der Waals surface area contributed by atoms with Gasteiger partial charge in [0.25, 0.3) is 0 Å². The monoisotopic (exact) mass is 312 g/mol. The maximum Gasteiger partial charge on any atom is 0.224 e. The van der Waals surface area contributed by atoms with Crippen molar-refractivity contribution in [1.29, 1.82) is 0 Å². The molecular weight excluding hydrogens is 292 g/mol. The predicted octanol–water partition coefficient (Wildman–Crippen LogP) is 2.76. The first kappa shape index (κ1) is 15.7. The summed E-state index contributed by atoms with van der Waals surface area (Å²) < 4.78 is 0. The summed E-state index contributed by atoms with van der Waals surface area (Å²) in [4.78, 5) is 13.6. The summed E-state index contributed by atoms with van der Waals surface area (Å²) in [5, 5.41) is 6.56. The van der Waals surface area contributed by atoms with Gasteiger partial charge in [0.15, 0.2) is 0 Å². The fraction of sp³-hybridized carbons (Fsp3) is 0.533. The zero-order valence-corrected chi connectivity index (χ0v) is 13.1. The minimum absolute atomic E-state index is 0. The van der Waals surface area contributed by atoms with Gasteiger partial charge in [0.05, 0.1) is 12.0 Å². The van der Waals surface area contributed by atoms with Gasteiger partial charge in [-0.2, -0.15) is 0 Å². The second kappa shape index (κ2) is 7.34. The van der Waals surface area contributed by atoms with Crippen LogP contribution in [0.5, 0.6) is 0 Å². The van der Waals surface area contributed by atoms with Gasteiger partial charge in [-0.1, -0.05) is 18.2 Å². The zero-order valence-electron chi connectivity index (χ0n) is 11.4. The summed E-state index contributed by atoms with van der Waals surface area (Å²) in [7, 11) is 0. The Morgan fingerprint density at radius 2 is 2.15 bits per heavy atom. The molecule has 0 aromatic heterocycles. The molecular formula is C15H21ClN2OS. The highest BCUT2D eigenvalue weighted by Crippen LogP contribution is 2.35. The number of halogens is 1. The Bertz CT molecular complexity index is 463. The molecule has 0 radical (unpaired) electrons. The Morgan fingerprint density at radius 1 is 1.30 bits per heavy atom. The van der Waals surface area contributed by atoms with Crippen LogP contribution in [0.2, 0.25) is 0 Å². The van der Waals surface area contributed by atoms with Crippen molar-refractivity contribution in [1.82, 2.24) is 10.6 Å². The van der Waals surface area contributed by atoms with Crippen LogP contribution in [0.15, 0.2) is 29.2 Å². The van der Waals surface area contributed by atoms with Gasteiger partial charge in [0.2, 0.25) is 5.91 Å². The number of benzene rings is 1. The van der Waals surface area contributed by atoms with Gasteiger partial charge < -0.3 is 10.6 Å². The minimum atomic E-state index is 0. The lowest BCUT2D eigenvalue weighted by molar-refractivity contribution is -0.126. The van der Waals surface area contributed by atoms with Crippen molar-refractivity contribution in [3.63, 3.8) is 0 Å². The molecule has 0 saturated carbocycles. The Balaban J connectivity index is 0.00000147. The van der Waals surface area contributed by atoms with Crippen LogP contribution in [0.25, 0.3) is 0 Å². The van der Waals surface area contributed by atoms with Crippen molar-refractivity contribution in [2.24, 2.45) is 5.92 Å². The smallest absolute Gasteiger partial charge is 0.224 e. The lowest BCUT2D eigenvalue weighted by Crippen LogP contribution is -2.42. The van der Waals surface area contributed by atoms with Crippen LogP contribution in [0, 0.1) is 5.92 Å². The van der Waals surface area contributed by atoms with E-state index < -0.39 is 0 Å². The summed E-state index contributed by atoms with van der Waals surface area (Å²) >= 11 is 1.89. The third kappa shape index (κ3) is 3.48. The molecule has 2 aliphatic rings. The third-order valence-corrected chi connectivity index (χ3v) is 5.07. The van der Waals surface area contributed by atoms with E-state index >= 15 is 0 Å². The third-order valence-electron chi connectivity index (χ3n) is 3.94. The maximum absolute atomic E-state index is 12.3. The summed E-state index contributed by atoms with van der Waals surface area (Å²) in [5.41, 5.74) is 1.29. The van der Waals surface area contributed by atoms with E-state index in [1.54, 1.807) is 0 Å². The molecule has 20 heavy (non-hydrogen) atoms. The van der Waals surface area contributed by atoms with Gasteiger partial charge in [-0.25, -0.2) is 0 Å². The van der Waals surface area contributed by atoms with E-state index in [0.29, 0.717) is 0 Å². The van der Waals surface area contributed by atoms with E-state index in [2.05, 4.69) is 34.9 Å². The fourth-order valence-corrected chi connectivity index (χ4v) is 3.98. The van der Waals surface area contributed by atoms with Crippen LogP contribution < -0.4 is 10.6 Å². The molecule has 3 nitrogen and oxygen atoms in total. The van der Waals surface area contributed by atoms with E-state index in [0.717, 1.165) is 38.1 Å². The lowest BCUT2D eigenvalue weighted by atomic mass is 9.97. The van der Waals surface area contributed by atoms with Crippen molar-refractivity contribution in [2.45, 2.75) is 30.2 Å². The lowest BCUT2D eigenvalue weighted by Gasteiger charge is -2.29. The number of nitrogens with one attached hydrogen (secondary N) is 2. The first-order valence-corrected chi connectivity index (χ1v) is 8.06. The molecule has 3 rings (SSSR count). The topological polar surface area (TPSA) is 41.1 Å². The van der Waals surface area contributed by atoms with Crippen molar-refractivity contribution in [3.05, 3.63) is 29.8 Å². The number of carbonyl (C=O) groups is 1. The molecule has 1 saturated heterocycles. The molecule has 0 spiro atoms. The molecule has 110 valence electrons. The van der Waals surface area contributed by atoms with E-state index in [1.165, 1.54) is 10.5 Å². The van der Waals surface area contributed by atoms with Crippen LogP contribution in [0.4, 0.5) is 0 Å². The summed E-state index contributed by atoms with van der Waals surface area (Å²) in [6, 6.07) is 8.63. The van der Waals surface area contributed by atoms with E-state index in [1.807, 2.05) is 11.8 Å². The molecule has 0 bridgehead atoms. The quantitative estimate of drug-likeness (QED) is 0.882. The van der Waals surface area contributed by atoms with Crippen LogP contribution in [0.3, 0.4) is 0 Å². The van der Waals surface area contributed by atoms with Crippen molar-refractivity contribution < 1.29 is 4.79 Å². The molecule has 2 heterocycles. The van der Waals surface area contributed by atoms with E-state index in [9.17, 15) is 4.79 Å². The van der Waals surface area contributed by atoms with E-state index in [4.69, 9.17) is 0 Å². The molecule has 1 fully saturated rings. The number of thioether (sulfide) groups is 1. The Kier molecular flexibility index (Phi) is 5.75. The Labute approximate surface area is 130 Å². The first-order chi connectivity index (χ1) is 9.34. The molecule has 2 aliphatic heterocycles. The molecule has 1 unspecified atom stereocenters. The number of fused-ring (bicyclic) bond motifs is 1. The highest BCUT2D eigenvalue weighted by molar-refractivity contribution is 7.99. The first-order valence-electron chi connectivity index (χ1n) is 7.07. The standard InChI is InChI=1S/C15H20N2OS.ClH/c18-15(11-4-3-8-16-10-11)17-13-7-9-19-14-6-2-1-5-12(13)14;/h1-2,5-6,11,13,16H,3-4,7-10H2,(H,17,18);1H/t11-,13?;/m1./s1. The van der Waals surface area contributed by atoms with Gasteiger partial charge >= 0.3 is 0 Å². The molecule has 1 aromatic rings. The largest absolute Gasteiger partial charge is 0.349 e. The van der Waals surface area contributed by atoms with Crippen LogP contribution in [-0.2, 0) is 4.79 Å². The van der Waals surface area contributed by atoms with Crippen molar-refractivity contribution in [3.8, 4) is 0 Å².